The lowest BCUT2D eigenvalue weighted by atomic mass is 10.3. The van der Waals surface area contributed by atoms with Gasteiger partial charge in [0.25, 0.3) is 5.56 Å². The first-order valence-electron chi connectivity index (χ1n) is 5.64. The van der Waals surface area contributed by atoms with Crippen LogP contribution in [0.2, 0.25) is 0 Å². The normalized spacial score (nSPS) is 11.0. The summed E-state index contributed by atoms with van der Waals surface area (Å²) in [6, 6.07) is 0. The zero-order chi connectivity index (χ0) is 13.8. The monoisotopic (exact) mass is 276 g/mol. The molecule has 0 unspecified atom stereocenters. The minimum Gasteiger partial charge on any atom is -0.462 e. The van der Waals surface area contributed by atoms with E-state index in [9.17, 15) is 9.59 Å². The molecule has 0 amide bonds. The Balaban J connectivity index is 2.51. The fourth-order valence-corrected chi connectivity index (χ4v) is 2.32. The summed E-state index contributed by atoms with van der Waals surface area (Å²) < 4.78 is 6.24. The van der Waals surface area contributed by atoms with Crippen LogP contribution in [-0.2, 0) is 4.74 Å². The Morgan fingerprint density at radius 1 is 1.63 bits per heavy atom. The molecule has 2 rings (SSSR count). The van der Waals surface area contributed by atoms with Crippen LogP contribution in [0, 0.1) is 0 Å². The van der Waals surface area contributed by atoms with Gasteiger partial charge in [0.05, 0.1) is 12.2 Å². The molecule has 0 spiro atoms. The van der Waals surface area contributed by atoms with Gasteiger partial charge < -0.3 is 4.74 Å². The fourth-order valence-electron chi connectivity index (χ4n) is 1.48. The van der Waals surface area contributed by atoms with Crippen LogP contribution in [0.3, 0.4) is 0 Å². The number of carbonyl (C=O) groups is 1. The van der Waals surface area contributed by atoms with Gasteiger partial charge in [-0.05, 0) is 13.0 Å². The maximum atomic E-state index is 12.1. The van der Waals surface area contributed by atoms with Gasteiger partial charge >= 0.3 is 5.97 Å². The first kappa shape index (κ1) is 13.2. The van der Waals surface area contributed by atoms with Crippen LogP contribution in [0.5, 0.6) is 0 Å². The SMILES string of the molecule is C=C/C=C/c1cnc2sc(C(=O)OCC)cn2c1=O. The molecule has 0 fully saturated rings. The van der Waals surface area contributed by atoms with E-state index in [-0.39, 0.29) is 5.56 Å². The van der Waals surface area contributed by atoms with Gasteiger partial charge in [-0.2, -0.15) is 0 Å². The van der Waals surface area contributed by atoms with Crippen LogP contribution in [0.15, 0.2) is 35.9 Å². The van der Waals surface area contributed by atoms with E-state index in [1.54, 1.807) is 25.2 Å². The van der Waals surface area contributed by atoms with Gasteiger partial charge in [-0.3, -0.25) is 9.20 Å². The van der Waals surface area contributed by atoms with Crippen molar-refractivity contribution in [2.45, 2.75) is 6.92 Å². The minimum absolute atomic E-state index is 0.227. The van der Waals surface area contributed by atoms with Crippen LogP contribution < -0.4 is 5.56 Å². The Bertz CT molecular complexity index is 712. The lowest BCUT2D eigenvalue weighted by Gasteiger charge is -1.95. The van der Waals surface area contributed by atoms with Crippen molar-refractivity contribution in [2.75, 3.05) is 6.61 Å². The summed E-state index contributed by atoms with van der Waals surface area (Å²) in [5.74, 6) is -0.444. The molecule has 0 bridgehead atoms. The second-order valence-electron chi connectivity index (χ2n) is 3.58. The number of hydrogen-bond donors (Lipinski definition) is 0. The molecule has 0 aliphatic rings. The predicted octanol–water partition coefficient (Wildman–Crippen LogP) is 2.13. The number of carbonyl (C=O) groups excluding carboxylic acids is 1. The Kier molecular flexibility index (Phi) is 3.91. The van der Waals surface area contributed by atoms with E-state index in [0.717, 1.165) is 11.3 Å². The average molecular weight is 276 g/mol. The third-order valence-electron chi connectivity index (χ3n) is 2.32. The molecule has 0 saturated heterocycles. The summed E-state index contributed by atoms with van der Waals surface area (Å²) in [6.07, 6.45) is 7.79. The van der Waals surface area contributed by atoms with Crippen molar-refractivity contribution in [3.63, 3.8) is 0 Å². The smallest absolute Gasteiger partial charge is 0.349 e. The quantitative estimate of drug-likeness (QED) is 0.634. The molecule has 2 heterocycles. The molecule has 0 atom stereocenters. The molecule has 0 N–H and O–H groups in total. The summed E-state index contributed by atoms with van der Waals surface area (Å²) in [5.41, 5.74) is 0.209. The number of fused-ring (bicyclic) bond motifs is 1. The van der Waals surface area contributed by atoms with E-state index in [4.69, 9.17) is 4.74 Å². The van der Waals surface area contributed by atoms with Gasteiger partial charge in [-0.15, -0.1) is 0 Å². The average Bonchev–Trinajstić information content (AvgIpc) is 2.83. The van der Waals surface area contributed by atoms with Crippen LogP contribution >= 0.6 is 11.3 Å². The standard InChI is InChI=1S/C13H12N2O3S/c1-3-5-6-9-7-14-13-15(11(9)16)8-10(19-13)12(17)18-4-2/h3,5-8H,1,4H2,2H3/b6-5+. The molecule has 0 aliphatic heterocycles. The number of hydrogen-bond acceptors (Lipinski definition) is 5. The van der Waals surface area contributed by atoms with Crippen LogP contribution in [0.1, 0.15) is 22.2 Å². The zero-order valence-corrected chi connectivity index (χ0v) is 11.1. The van der Waals surface area contributed by atoms with Crippen LogP contribution in [0.25, 0.3) is 11.0 Å². The van der Waals surface area contributed by atoms with E-state index < -0.39 is 5.97 Å². The Morgan fingerprint density at radius 2 is 2.42 bits per heavy atom. The third-order valence-corrected chi connectivity index (χ3v) is 3.30. The maximum Gasteiger partial charge on any atom is 0.349 e. The molecule has 0 aliphatic carbocycles. The van der Waals surface area contributed by atoms with Gasteiger partial charge in [-0.1, -0.05) is 30.1 Å². The molecular formula is C13H12N2O3S. The molecule has 98 valence electrons. The molecule has 6 heteroatoms. The maximum absolute atomic E-state index is 12.1. The van der Waals surface area contributed by atoms with Crippen molar-refractivity contribution in [2.24, 2.45) is 0 Å². The van der Waals surface area contributed by atoms with Crippen LogP contribution in [0.4, 0.5) is 0 Å². The Morgan fingerprint density at radius 3 is 3.11 bits per heavy atom. The van der Waals surface area contributed by atoms with Gasteiger partial charge in [0.15, 0.2) is 4.96 Å². The first-order chi connectivity index (χ1) is 9.17. The summed E-state index contributed by atoms with van der Waals surface area (Å²) in [4.78, 5) is 28.7. The lowest BCUT2D eigenvalue weighted by Crippen LogP contribution is -2.15. The molecule has 0 aromatic carbocycles. The van der Waals surface area contributed by atoms with Crippen molar-refractivity contribution < 1.29 is 9.53 Å². The Hall–Kier alpha value is -2.21. The lowest BCUT2D eigenvalue weighted by molar-refractivity contribution is 0.0531. The predicted molar refractivity (Wildman–Crippen MR) is 74.5 cm³/mol. The number of aromatic nitrogens is 2. The third kappa shape index (κ3) is 2.63. The highest BCUT2D eigenvalue weighted by Gasteiger charge is 2.13. The molecule has 5 nitrogen and oxygen atoms in total. The van der Waals surface area contributed by atoms with Crippen molar-refractivity contribution in [1.82, 2.24) is 9.38 Å². The number of nitrogens with zero attached hydrogens (tertiary/aromatic N) is 2. The summed E-state index contributed by atoms with van der Waals surface area (Å²) >= 11 is 1.13. The minimum atomic E-state index is -0.444. The largest absolute Gasteiger partial charge is 0.462 e. The zero-order valence-electron chi connectivity index (χ0n) is 10.3. The number of allylic oxidation sites excluding steroid dienone is 2. The van der Waals surface area contributed by atoms with E-state index >= 15 is 0 Å². The number of rotatable bonds is 4. The van der Waals surface area contributed by atoms with E-state index in [0.29, 0.717) is 22.0 Å². The second kappa shape index (κ2) is 5.62. The molecular weight excluding hydrogens is 264 g/mol. The second-order valence-corrected chi connectivity index (χ2v) is 4.59. The fraction of sp³-hybridized carbons (Fsp3) is 0.154. The summed E-state index contributed by atoms with van der Waals surface area (Å²) in [7, 11) is 0. The summed E-state index contributed by atoms with van der Waals surface area (Å²) in [6.45, 7) is 5.56. The van der Waals surface area contributed by atoms with Crippen molar-refractivity contribution in [3.05, 3.63) is 51.9 Å². The van der Waals surface area contributed by atoms with Gasteiger partial charge in [-0.25, -0.2) is 9.78 Å². The van der Waals surface area contributed by atoms with E-state index in [2.05, 4.69) is 11.6 Å². The van der Waals surface area contributed by atoms with Gasteiger partial charge in [0, 0.05) is 12.4 Å². The highest BCUT2D eigenvalue weighted by atomic mass is 32.1. The highest BCUT2D eigenvalue weighted by molar-refractivity contribution is 7.18. The van der Waals surface area contributed by atoms with E-state index in [1.165, 1.54) is 16.8 Å². The van der Waals surface area contributed by atoms with Crippen LogP contribution in [-0.4, -0.2) is 22.0 Å². The molecule has 2 aromatic rings. The number of thiazole rings is 1. The molecule has 19 heavy (non-hydrogen) atoms. The molecule has 0 radical (unpaired) electrons. The van der Waals surface area contributed by atoms with Gasteiger partial charge in [0.2, 0.25) is 0 Å². The molecule has 0 saturated carbocycles. The van der Waals surface area contributed by atoms with Crippen molar-refractivity contribution in [1.29, 1.82) is 0 Å². The topological polar surface area (TPSA) is 60.7 Å². The highest BCUT2D eigenvalue weighted by Crippen LogP contribution is 2.15. The van der Waals surface area contributed by atoms with Crippen molar-refractivity contribution in [3.8, 4) is 0 Å². The Labute approximate surface area is 113 Å². The number of ether oxygens (including phenoxy) is 1. The first-order valence-corrected chi connectivity index (χ1v) is 6.46. The van der Waals surface area contributed by atoms with Crippen molar-refractivity contribution >= 4 is 28.3 Å². The van der Waals surface area contributed by atoms with E-state index in [1.807, 2.05) is 0 Å². The number of esters is 1. The molecule has 2 aromatic heterocycles. The summed E-state index contributed by atoms with van der Waals surface area (Å²) in [5, 5.41) is 0. The van der Waals surface area contributed by atoms with Gasteiger partial charge in [0.1, 0.15) is 4.88 Å².